The molecular formula is C9H16N2O. The minimum Gasteiger partial charge on any atom is -0.245 e. The summed E-state index contributed by atoms with van der Waals surface area (Å²) in [6.07, 6.45) is 1.78. The van der Waals surface area contributed by atoms with E-state index in [4.69, 9.17) is 4.84 Å². The highest BCUT2D eigenvalue weighted by Crippen LogP contribution is 2.15. The number of aliphatic imine (C=N–C) groups is 1. The average molecular weight is 168 g/mol. The van der Waals surface area contributed by atoms with Crippen molar-refractivity contribution in [2.24, 2.45) is 10.9 Å². The molecule has 1 aliphatic rings. The van der Waals surface area contributed by atoms with Crippen LogP contribution in [0.15, 0.2) is 17.6 Å². The number of hydrogen-bond donors (Lipinski definition) is 0. The van der Waals surface area contributed by atoms with Crippen molar-refractivity contribution >= 4 is 5.84 Å². The lowest BCUT2D eigenvalue weighted by atomic mass is 10.2. The zero-order chi connectivity index (χ0) is 9.14. The molecule has 3 nitrogen and oxygen atoms in total. The third kappa shape index (κ3) is 1.85. The lowest BCUT2D eigenvalue weighted by Gasteiger charge is -2.19. The number of hydroxylamine groups is 2. The second-order valence-corrected chi connectivity index (χ2v) is 3.20. The maximum atomic E-state index is 5.43. The Balaban J connectivity index is 2.65. The van der Waals surface area contributed by atoms with E-state index in [0.29, 0.717) is 12.5 Å². The highest BCUT2D eigenvalue weighted by Gasteiger charge is 2.23. The molecule has 0 fully saturated rings. The van der Waals surface area contributed by atoms with Crippen LogP contribution in [0.2, 0.25) is 0 Å². The Bertz CT molecular complexity index is 199. The molecule has 68 valence electrons. The van der Waals surface area contributed by atoms with Gasteiger partial charge in [0.15, 0.2) is 6.23 Å². The van der Waals surface area contributed by atoms with Crippen LogP contribution < -0.4 is 0 Å². The minimum atomic E-state index is -0.0395. The van der Waals surface area contributed by atoms with Crippen molar-refractivity contribution in [1.29, 1.82) is 0 Å². The molecule has 0 saturated heterocycles. The lowest BCUT2D eigenvalue weighted by Crippen LogP contribution is -2.30. The smallest absolute Gasteiger partial charge is 0.174 e. The molecule has 0 saturated carbocycles. The van der Waals surface area contributed by atoms with Gasteiger partial charge in [0.05, 0.1) is 6.54 Å². The maximum absolute atomic E-state index is 5.43. The molecule has 0 spiro atoms. The summed E-state index contributed by atoms with van der Waals surface area (Å²) in [7, 11) is 0. The van der Waals surface area contributed by atoms with Gasteiger partial charge in [0.1, 0.15) is 5.84 Å². The fourth-order valence-corrected chi connectivity index (χ4v) is 1.20. The third-order valence-corrected chi connectivity index (χ3v) is 1.66. The van der Waals surface area contributed by atoms with Crippen molar-refractivity contribution in [3.63, 3.8) is 0 Å². The van der Waals surface area contributed by atoms with E-state index in [1.807, 2.05) is 18.1 Å². The fourth-order valence-electron chi connectivity index (χ4n) is 1.20. The Morgan fingerprint density at radius 2 is 2.42 bits per heavy atom. The predicted octanol–water partition coefficient (Wildman–Crippen LogP) is 1.82. The standard InChI is InChI=1S/C9H16N2O/c1-5-6-11-9(7(2)3)10-8(4)12-11/h5,7-8H,1,6H2,2-4H3. The van der Waals surface area contributed by atoms with E-state index in [9.17, 15) is 0 Å². The van der Waals surface area contributed by atoms with Crippen LogP contribution in [0.3, 0.4) is 0 Å². The van der Waals surface area contributed by atoms with E-state index in [2.05, 4.69) is 25.4 Å². The molecule has 3 heteroatoms. The average Bonchev–Trinajstić information content (AvgIpc) is 2.32. The first-order chi connectivity index (χ1) is 5.65. The zero-order valence-corrected chi connectivity index (χ0v) is 7.95. The van der Waals surface area contributed by atoms with Crippen molar-refractivity contribution < 1.29 is 4.84 Å². The van der Waals surface area contributed by atoms with E-state index in [1.54, 1.807) is 0 Å². The van der Waals surface area contributed by atoms with Gasteiger partial charge in [-0.1, -0.05) is 19.9 Å². The van der Waals surface area contributed by atoms with E-state index < -0.39 is 0 Å². The van der Waals surface area contributed by atoms with Crippen LogP contribution in [0.5, 0.6) is 0 Å². The summed E-state index contributed by atoms with van der Waals surface area (Å²) < 4.78 is 0. The van der Waals surface area contributed by atoms with Crippen molar-refractivity contribution in [3.8, 4) is 0 Å². The Labute approximate surface area is 73.7 Å². The predicted molar refractivity (Wildman–Crippen MR) is 49.7 cm³/mol. The largest absolute Gasteiger partial charge is 0.245 e. The van der Waals surface area contributed by atoms with Gasteiger partial charge in [-0.05, 0) is 6.92 Å². The number of nitrogens with zero attached hydrogens (tertiary/aromatic N) is 2. The molecule has 1 rings (SSSR count). The van der Waals surface area contributed by atoms with Gasteiger partial charge in [0.2, 0.25) is 0 Å². The summed E-state index contributed by atoms with van der Waals surface area (Å²) in [4.78, 5) is 9.79. The molecular weight excluding hydrogens is 152 g/mol. The van der Waals surface area contributed by atoms with Crippen LogP contribution in [0.4, 0.5) is 0 Å². The van der Waals surface area contributed by atoms with E-state index in [-0.39, 0.29) is 6.23 Å². The molecule has 1 heterocycles. The van der Waals surface area contributed by atoms with Gasteiger partial charge < -0.3 is 0 Å². The summed E-state index contributed by atoms with van der Waals surface area (Å²) in [6, 6.07) is 0. The summed E-state index contributed by atoms with van der Waals surface area (Å²) in [6.45, 7) is 10.5. The monoisotopic (exact) mass is 168 g/mol. The molecule has 0 aromatic rings. The molecule has 0 radical (unpaired) electrons. The van der Waals surface area contributed by atoms with Gasteiger partial charge >= 0.3 is 0 Å². The second-order valence-electron chi connectivity index (χ2n) is 3.20. The molecule has 1 unspecified atom stereocenters. The van der Waals surface area contributed by atoms with Crippen molar-refractivity contribution in [2.45, 2.75) is 27.0 Å². The number of rotatable bonds is 3. The Morgan fingerprint density at radius 3 is 2.92 bits per heavy atom. The Morgan fingerprint density at radius 1 is 1.75 bits per heavy atom. The zero-order valence-electron chi connectivity index (χ0n) is 7.95. The molecule has 0 aliphatic carbocycles. The molecule has 0 N–H and O–H groups in total. The van der Waals surface area contributed by atoms with Crippen LogP contribution in [-0.2, 0) is 4.84 Å². The molecule has 0 aromatic carbocycles. The molecule has 0 aromatic heterocycles. The molecule has 0 bridgehead atoms. The van der Waals surface area contributed by atoms with Crippen molar-refractivity contribution in [1.82, 2.24) is 5.06 Å². The van der Waals surface area contributed by atoms with Gasteiger partial charge in [0.25, 0.3) is 0 Å². The van der Waals surface area contributed by atoms with Gasteiger partial charge in [-0.3, -0.25) is 0 Å². The SMILES string of the molecule is C=CCN1OC(C)N=C1C(C)C. The highest BCUT2D eigenvalue weighted by molar-refractivity contribution is 5.84. The topological polar surface area (TPSA) is 24.8 Å². The molecule has 0 amide bonds. The first-order valence-corrected chi connectivity index (χ1v) is 4.28. The number of hydrogen-bond acceptors (Lipinski definition) is 3. The minimum absolute atomic E-state index is 0.0395. The van der Waals surface area contributed by atoms with Gasteiger partial charge in [0, 0.05) is 5.92 Å². The summed E-state index contributed by atoms with van der Waals surface area (Å²) in [5.41, 5.74) is 0. The van der Waals surface area contributed by atoms with Gasteiger partial charge in [-0.25, -0.2) is 14.9 Å². The quantitative estimate of drug-likeness (QED) is 0.600. The van der Waals surface area contributed by atoms with Gasteiger partial charge in [-0.15, -0.1) is 6.58 Å². The lowest BCUT2D eigenvalue weighted by molar-refractivity contribution is -0.109. The molecule has 1 atom stereocenters. The highest BCUT2D eigenvalue weighted by atomic mass is 16.7. The Kier molecular flexibility index (Phi) is 2.87. The van der Waals surface area contributed by atoms with E-state index >= 15 is 0 Å². The van der Waals surface area contributed by atoms with Crippen LogP contribution in [0, 0.1) is 5.92 Å². The maximum Gasteiger partial charge on any atom is 0.174 e. The van der Waals surface area contributed by atoms with Crippen molar-refractivity contribution in [2.75, 3.05) is 6.54 Å². The van der Waals surface area contributed by atoms with Crippen LogP contribution in [0.1, 0.15) is 20.8 Å². The fraction of sp³-hybridized carbons (Fsp3) is 0.667. The summed E-state index contributed by atoms with van der Waals surface area (Å²) in [5.74, 6) is 1.43. The van der Waals surface area contributed by atoms with Crippen LogP contribution in [-0.4, -0.2) is 23.7 Å². The number of amidine groups is 1. The summed E-state index contributed by atoms with van der Waals surface area (Å²) >= 11 is 0. The second kappa shape index (κ2) is 3.72. The van der Waals surface area contributed by atoms with E-state index in [0.717, 1.165) is 5.84 Å². The Hall–Kier alpha value is -0.830. The first kappa shape index (κ1) is 9.26. The third-order valence-electron chi connectivity index (χ3n) is 1.66. The van der Waals surface area contributed by atoms with E-state index in [1.165, 1.54) is 0 Å². The summed E-state index contributed by atoms with van der Waals surface area (Å²) in [5, 5.41) is 1.81. The normalized spacial score (nSPS) is 23.2. The first-order valence-electron chi connectivity index (χ1n) is 4.28. The van der Waals surface area contributed by atoms with Crippen molar-refractivity contribution in [3.05, 3.63) is 12.7 Å². The molecule has 12 heavy (non-hydrogen) atoms. The van der Waals surface area contributed by atoms with Gasteiger partial charge in [-0.2, -0.15) is 0 Å². The van der Waals surface area contributed by atoms with Crippen LogP contribution in [0.25, 0.3) is 0 Å². The van der Waals surface area contributed by atoms with Crippen LogP contribution >= 0.6 is 0 Å². The molecule has 1 aliphatic heterocycles.